The Morgan fingerprint density at radius 2 is 1.85 bits per heavy atom. The van der Waals surface area contributed by atoms with E-state index >= 15 is 0 Å². The summed E-state index contributed by atoms with van der Waals surface area (Å²) in [4.78, 5) is 0. The number of hydrogen-bond acceptors (Lipinski definition) is 4. The lowest BCUT2D eigenvalue weighted by molar-refractivity contribution is -0.0577. The average Bonchev–Trinajstić information content (AvgIpc) is 2.79. The van der Waals surface area contributed by atoms with E-state index in [1.807, 2.05) is 10.9 Å². The molecular formula is C15H29N3O2. The second-order valence-corrected chi connectivity index (χ2v) is 6.04. The van der Waals surface area contributed by atoms with Crippen LogP contribution in [0, 0.1) is 11.8 Å². The highest BCUT2D eigenvalue weighted by molar-refractivity contribution is 4.92. The van der Waals surface area contributed by atoms with E-state index in [4.69, 9.17) is 9.47 Å². The van der Waals surface area contributed by atoms with Crippen LogP contribution in [0.15, 0.2) is 6.20 Å². The monoisotopic (exact) mass is 283 g/mol. The van der Waals surface area contributed by atoms with Gasteiger partial charge in [-0.05, 0) is 31.1 Å². The minimum absolute atomic E-state index is 0.367. The Morgan fingerprint density at radius 3 is 2.55 bits per heavy atom. The number of rotatable bonds is 11. The molecule has 116 valence electrons. The lowest BCUT2D eigenvalue weighted by Crippen LogP contribution is -2.09. The molecule has 0 fully saturated rings. The molecule has 0 radical (unpaired) electrons. The summed E-state index contributed by atoms with van der Waals surface area (Å²) in [5.74, 6) is 1.35. The normalized spacial score (nSPS) is 11.7. The van der Waals surface area contributed by atoms with Gasteiger partial charge in [0.1, 0.15) is 6.79 Å². The van der Waals surface area contributed by atoms with Crippen molar-refractivity contribution in [2.45, 2.75) is 53.5 Å². The Labute approximate surface area is 122 Å². The van der Waals surface area contributed by atoms with Crippen LogP contribution in [0.25, 0.3) is 0 Å². The Bertz CT molecular complexity index is 351. The predicted molar refractivity (Wildman–Crippen MR) is 79.4 cm³/mol. The third-order valence-electron chi connectivity index (χ3n) is 2.91. The van der Waals surface area contributed by atoms with E-state index in [0.717, 1.165) is 37.6 Å². The first-order valence-electron chi connectivity index (χ1n) is 7.62. The van der Waals surface area contributed by atoms with Gasteiger partial charge in [-0.25, -0.2) is 4.68 Å². The molecule has 1 rings (SSSR count). The summed E-state index contributed by atoms with van der Waals surface area (Å²) in [6, 6.07) is 0. The van der Waals surface area contributed by atoms with Crippen molar-refractivity contribution < 1.29 is 9.47 Å². The summed E-state index contributed by atoms with van der Waals surface area (Å²) in [6.07, 6.45) is 5.27. The Balaban J connectivity index is 1.99. The fraction of sp³-hybridized carbons (Fsp3) is 0.867. The molecule has 1 aromatic rings. The minimum atomic E-state index is 0.367. The molecule has 0 atom stereocenters. The molecule has 0 aliphatic rings. The summed E-state index contributed by atoms with van der Waals surface area (Å²) >= 11 is 0. The molecule has 0 saturated heterocycles. The molecule has 1 heterocycles. The van der Waals surface area contributed by atoms with Gasteiger partial charge in [0, 0.05) is 12.8 Å². The van der Waals surface area contributed by atoms with E-state index in [1.54, 1.807) is 0 Å². The summed E-state index contributed by atoms with van der Waals surface area (Å²) in [6.45, 7) is 11.3. The van der Waals surface area contributed by atoms with Gasteiger partial charge in [-0.3, -0.25) is 0 Å². The number of ether oxygens (including phenoxy) is 2. The number of hydrogen-bond donors (Lipinski definition) is 0. The van der Waals surface area contributed by atoms with E-state index in [9.17, 15) is 0 Å². The van der Waals surface area contributed by atoms with Crippen molar-refractivity contribution in [3.05, 3.63) is 11.9 Å². The first-order valence-corrected chi connectivity index (χ1v) is 7.62. The van der Waals surface area contributed by atoms with Gasteiger partial charge in [0.15, 0.2) is 0 Å². The van der Waals surface area contributed by atoms with Crippen LogP contribution in [0.3, 0.4) is 0 Å². The minimum Gasteiger partial charge on any atom is -0.355 e. The molecule has 0 amide bonds. The summed E-state index contributed by atoms with van der Waals surface area (Å²) in [5.41, 5.74) is 1.05. The van der Waals surface area contributed by atoms with E-state index < -0.39 is 0 Å². The van der Waals surface area contributed by atoms with Crippen molar-refractivity contribution in [2.75, 3.05) is 20.0 Å². The van der Waals surface area contributed by atoms with Crippen molar-refractivity contribution in [1.29, 1.82) is 0 Å². The SMILES string of the molecule is CC(C)CCCOCOCCn1cc(CC(C)C)nn1. The topological polar surface area (TPSA) is 49.2 Å². The van der Waals surface area contributed by atoms with Gasteiger partial charge in [-0.2, -0.15) is 0 Å². The Morgan fingerprint density at radius 1 is 1.10 bits per heavy atom. The highest BCUT2D eigenvalue weighted by Crippen LogP contribution is 2.04. The summed E-state index contributed by atoms with van der Waals surface area (Å²) < 4.78 is 12.7. The van der Waals surface area contributed by atoms with Gasteiger partial charge in [-0.1, -0.05) is 32.9 Å². The number of aromatic nitrogens is 3. The highest BCUT2D eigenvalue weighted by atomic mass is 16.7. The van der Waals surface area contributed by atoms with Crippen molar-refractivity contribution >= 4 is 0 Å². The maximum atomic E-state index is 5.42. The zero-order valence-electron chi connectivity index (χ0n) is 13.3. The Hall–Kier alpha value is -0.940. The van der Waals surface area contributed by atoms with Crippen LogP contribution in [0.1, 0.15) is 46.2 Å². The van der Waals surface area contributed by atoms with Crippen LogP contribution < -0.4 is 0 Å². The molecule has 0 saturated carbocycles. The van der Waals surface area contributed by atoms with Gasteiger partial charge in [0.2, 0.25) is 0 Å². The maximum absolute atomic E-state index is 5.42. The molecule has 1 aromatic heterocycles. The second kappa shape index (κ2) is 9.88. The molecular weight excluding hydrogens is 254 g/mol. The molecule has 0 N–H and O–H groups in total. The molecule has 0 aromatic carbocycles. The van der Waals surface area contributed by atoms with Crippen LogP contribution >= 0.6 is 0 Å². The van der Waals surface area contributed by atoms with Gasteiger partial charge in [0.05, 0.1) is 18.8 Å². The summed E-state index contributed by atoms with van der Waals surface area (Å²) in [7, 11) is 0. The molecule has 0 aliphatic heterocycles. The van der Waals surface area contributed by atoms with Crippen LogP contribution in [-0.2, 0) is 22.4 Å². The van der Waals surface area contributed by atoms with E-state index in [0.29, 0.717) is 19.3 Å². The molecule has 0 unspecified atom stereocenters. The number of nitrogens with zero attached hydrogens (tertiary/aromatic N) is 3. The van der Waals surface area contributed by atoms with Gasteiger partial charge < -0.3 is 9.47 Å². The second-order valence-electron chi connectivity index (χ2n) is 6.04. The smallest absolute Gasteiger partial charge is 0.146 e. The molecule has 0 spiro atoms. The Kier molecular flexibility index (Phi) is 8.46. The van der Waals surface area contributed by atoms with Crippen LogP contribution in [0.2, 0.25) is 0 Å². The molecule has 20 heavy (non-hydrogen) atoms. The largest absolute Gasteiger partial charge is 0.355 e. The zero-order valence-corrected chi connectivity index (χ0v) is 13.3. The molecule has 0 bridgehead atoms. The standard InChI is InChI=1S/C15H29N3O2/c1-13(2)6-5-8-19-12-20-9-7-18-11-15(16-17-18)10-14(3)4/h11,13-14H,5-10,12H2,1-4H3. The lowest BCUT2D eigenvalue weighted by atomic mass is 10.1. The first kappa shape index (κ1) is 17.1. The third kappa shape index (κ3) is 8.27. The van der Waals surface area contributed by atoms with Gasteiger partial charge in [0.25, 0.3) is 0 Å². The van der Waals surface area contributed by atoms with Crippen molar-refractivity contribution in [3.8, 4) is 0 Å². The maximum Gasteiger partial charge on any atom is 0.146 e. The summed E-state index contributed by atoms with van der Waals surface area (Å²) in [5, 5.41) is 8.22. The van der Waals surface area contributed by atoms with E-state index in [1.165, 1.54) is 6.42 Å². The zero-order chi connectivity index (χ0) is 14.8. The van der Waals surface area contributed by atoms with E-state index in [2.05, 4.69) is 38.0 Å². The van der Waals surface area contributed by atoms with Crippen molar-refractivity contribution in [1.82, 2.24) is 15.0 Å². The third-order valence-corrected chi connectivity index (χ3v) is 2.91. The van der Waals surface area contributed by atoms with Crippen molar-refractivity contribution in [3.63, 3.8) is 0 Å². The molecule has 5 heteroatoms. The first-order chi connectivity index (χ1) is 9.58. The van der Waals surface area contributed by atoms with Gasteiger partial charge in [-0.15, -0.1) is 5.10 Å². The quantitative estimate of drug-likeness (QED) is 0.463. The van der Waals surface area contributed by atoms with Gasteiger partial charge >= 0.3 is 0 Å². The molecule has 0 aliphatic carbocycles. The highest BCUT2D eigenvalue weighted by Gasteiger charge is 2.03. The fourth-order valence-corrected chi connectivity index (χ4v) is 1.89. The average molecular weight is 283 g/mol. The predicted octanol–water partition coefficient (Wildman–Crippen LogP) is 2.90. The van der Waals surface area contributed by atoms with E-state index in [-0.39, 0.29) is 0 Å². The fourth-order valence-electron chi connectivity index (χ4n) is 1.89. The van der Waals surface area contributed by atoms with Crippen LogP contribution in [0.4, 0.5) is 0 Å². The lowest BCUT2D eigenvalue weighted by Gasteiger charge is -2.07. The van der Waals surface area contributed by atoms with Crippen LogP contribution in [-0.4, -0.2) is 35.0 Å². The van der Waals surface area contributed by atoms with Crippen LogP contribution in [0.5, 0.6) is 0 Å². The van der Waals surface area contributed by atoms with Crippen molar-refractivity contribution in [2.24, 2.45) is 11.8 Å². The molecule has 5 nitrogen and oxygen atoms in total.